The van der Waals surface area contributed by atoms with Crippen LogP contribution in [0.15, 0.2) is 84.9 Å². The Labute approximate surface area is 140 Å². The van der Waals surface area contributed by atoms with E-state index in [9.17, 15) is 4.57 Å². The lowest BCUT2D eigenvalue weighted by molar-refractivity contribution is 0.399. The molecule has 5 heteroatoms. The zero-order chi connectivity index (χ0) is 16.8. The molecule has 0 amide bonds. The molecule has 0 fully saturated rings. The molecule has 0 heterocycles. The summed E-state index contributed by atoms with van der Waals surface area (Å²) in [5.41, 5.74) is 0.477. The fraction of sp³-hybridized carbons (Fsp3) is 0. The van der Waals surface area contributed by atoms with Crippen molar-refractivity contribution >= 4 is 12.9 Å². The van der Waals surface area contributed by atoms with Crippen LogP contribution in [-0.2, 0) is 4.57 Å². The highest BCUT2D eigenvalue weighted by Crippen LogP contribution is 2.47. The van der Waals surface area contributed by atoms with Crippen LogP contribution < -0.4 is 14.4 Å². The third kappa shape index (κ3) is 3.65. The molecule has 0 aliphatic carbocycles. The van der Waals surface area contributed by atoms with Gasteiger partial charge in [0.2, 0.25) is 0 Å². The van der Waals surface area contributed by atoms with Gasteiger partial charge in [-0.2, -0.15) is 5.26 Å². The second-order valence-corrected chi connectivity index (χ2v) is 6.84. The SMILES string of the molecule is N#Cc1ccc(P(=O)(Oc2ccccc2)Oc2ccccc2)cc1. The molecule has 0 aliphatic rings. The average Bonchev–Trinajstić information content (AvgIpc) is 2.63. The third-order valence-electron chi connectivity index (χ3n) is 3.25. The Balaban J connectivity index is 1.99. The summed E-state index contributed by atoms with van der Waals surface area (Å²) < 4.78 is 24.9. The Bertz CT molecular complexity index is 842. The number of nitrogens with zero attached hydrogens (tertiary/aromatic N) is 1. The van der Waals surface area contributed by atoms with Crippen LogP contribution in [0.25, 0.3) is 0 Å². The molecule has 0 aliphatic heterocycles. The molecule has 0 aromatic heterocycles. The highest BCUT2D eigenvalue weighted by Gasteiger charge is 2.31. The van der Waals surface area contributed by atoms with Gasteiger partial charge in [0.05, 0.1) is 16.9 Å². The van der Waals surface area contributed by atoms with E-state index in [0.29, 0.717) is 22.4 Å². The number of para-hydroxylation sites is 2. The van der Waals surface area contributed by atoms with Crippen molar-refractivity contribution in [1.82, 2.24) is 0 Å². The number of benzene rings is 3. The summed E-state index contributed by atoms with van der Waals surface area (Å²) in [6, 6.07) is 26.1. The van der Waals surface area contributed by atoms with E-state index in [4.69, 9.17) is 14.3 Å². The fourth-order valence-corrected chi connectivity index (χ4v) is 3.64. The smallest absolute Gasteiger partial charge is 0.413 e. The minimum Gasteiger partial charge on any atom is -0.413 e. The summed E-state index contributed by atoms with van der Waals surface area (Å²) in [6.45, 7) is 0. The van der Waals surface area contributed by atoms with Gasteiger partial charge >= 0.3 is 7.60 Å². The first-order chi connectivity index (χ1) is 11.7. The van der Waals surface area contributed by atoms with Gasteiger partial charge in [0.1, 0.15) is 11.5 Å². The van der Waals surface area contributed by atoms with Crippen LogP contribution in [0.4, 0.5) is 0 Å². The van der Waals surface area contributed by atoms with E-state index in [1.165, 1.54) is 0 Å². The lowest BCUT2D eigenvalue weighted by Gasteiger charge is -2.20. The van der Waals surface area contributed by atoms with Gasteiger partial charge in [0.15, 0.2) is 0 Å². The number of nitriles is 1. The Morgan fingerprint density at radius 1 is 0.708 bits per heavy atom. The predicted octanol–water partition coefficient (Wildman–Crippen LogP) is 4.53. The lowest BCUT2D eigenvalue weighted by Crippen LogP contribution is -2.14. The summed E-state index contributed by atoms with van der Waals surface area (Å²) in [5, 5.41) is 9.30. The molecule has 0 spiro atoms. The van der Waals surface area contributed by atoms with Crippen LogP contribution in [0, 0.1) is 11.3 Å². The normalized spacial score (nSPS) is 10.6. The van der Waals surface area contributed by atoms with E-state index < -0.39 is 7.60 Å². The molecular weight excluding hydrogens is 321 g/mol. The van der Waals surface area contributed by atoms with Gasteiger partial charge in [-0.25, -0.2) is 4.57 Å². The van der Waals surface area contributed by atoms with Crippen molar-refractivity contribution in [3.63, 3.8) is 0 Å². The molecule has 24 heavy (non-hydrogen) atoms. The van der Waals surface area contributed by atoms with Gasteiger partial charge in [-0.15, -0.1) is 0 Å². The van der Waals surface area contributed by atoms with E-state index in [1.54, 1.807) is 72.8 Å². The Morgan fingerprint density at radius 3 is 1.58 bits per heavy atom. The molecule has 0 atom stereocenters. The molecule has 0 saturated heterocycles. The zero-order valence-corrected chi connectivity index (χ0v) is 13.6. The molecule has 3 aromatic rings. The fourth-order valence-electron chi connectivity index (χ4n) is 2.08. The standard InChI is InChI=1S/C19H14NO3P/c20-15-16-11-13-19(14-12-16)24(21,22-17-7-3-1-4-8-17)23-18-9-5-2-6-10-18/h1-14H. The van der Waals surface area contributed by atoms with Gasteiger partial charge in [-0.3, -0.25) is 0 Å². The van der Waals surface area contributed by atoms with E-state index in [-0.39, 0.29) is 0 Å². The largest absolute Gasteiger partial charge is 0.462 e. The molecule has 0 bridgehead atoms. The molecule has 118 valence electrons. The van der Waals surface area contributed by atoms with Crippen LogP contribution >= 0.6 is 7.60 Å². The van der Waals surface area contributed by atoms with E-state index in [0.717, 1.165) is 0 Å². The summed E-state index contributed by atoms with van der Waals surface area (Å²) in [4.78, 5) is 0. The first-order valence-corrected chi connectivity index (χ1v) is 8.84. The maximum Gasteiger partial charge on any atom is 0.462 e. The van der Waals surface area contributed by atoms with Crippen molar-refractivity contribution in [3.05, 3.63) is 90.5 Å². The first kappa shape index (κ1) is 15.9. The molecule has 3 rings (SSSR count). The summed E-state index contributed by atoms with van der Waals surface area (Å²) in [7, 11) is -3.66. The van der Waals surface area contributed by atoms with Crippen LogP contribution in [0.3, 0.4) is 0 Å². The van der Waals surface area contributed by atoms with Gasteiger partial charge in [0, 0.05) is 0 Å². The molecule has 0 N–H and O–H groups in total. The summed E-state index contributed by atoms with van der Waals surface area (Å²) in [6.07, 6.45) is 0. The lowest BCUT2D eigenvalue weighted by atomic mass is 10.2. The van der Waals surface area contributed by atoms with Crippen molar-refractivity contribution < 1.29 is 13.6 Å². The summed E-state index contributed by atoms with van der Waals surface area (Å²) in [5.74, 6) is 0.891. The van der Waals surface area contributed by atoms with Crippen LogP contribution in [0.2, 0.25) is 0 Å². The highest BCUT2D eigenvalue weighted by atomic mass is 31.2. The monoisotopic (exact) mass is 335 g/mol. The minimum atomic E-state index is -3.66. The minimum absolute atomic E-state index is 0.384. The van der Waals surface area contributed by atoms with Crippen molar-refractivity contribution in [1.29, 1.82) is 5.26 Å². The van der Waals surface area contributed by atoms with Crippen LogP contribution in [0.5, 0.6) is 11.5 Å². The topological polar surface area (TPSA) is 59.3 Å². The van der Waals surface area contributed by atoms with Crippen molar-refractivity contribution in [2.24, 2.45) is 0 Å². The van der Waals surface area contributed by atoms with Crippen LogP contribution in [0.1, 0.15) is 5.56 Å². The Hall–Kier alpha value is -3.02. The zero-order valence-electron chi connectivity index (χ0n) is 12.7. The van der Waals surface area contributed by atoms with Gasteiger partial charge in [0.25, 0.3) is 0 Å². The van der Waals surface area contributed by atoms with E-state index >= 15 is 0 Å². The van der Waals surface area contributed by atoms with Crippen molar-refractivity contribution in [3.8, 4) is 17.6 Å². The highest BCUT2D eigenvalue weighted by molar-refractivity contribution is 7.63. The number of rotatable bonds is 5. The summed E-state index contributed by atoms with van der Waals surface area (Å²) >= 11 is 0. The Morgan fingerprint density at radius 2 is 1.17 bits per heavy atom. The van der Waals surface area contributed by atoms with Gasteiger partial charge in [-0.05, 0) is 48.5 Å². The van der Waals surface area contributed by atoms with Gasteiger partial charge in [-0.1, -0.05) is 36.4 Å². The first-order valence-electron chi connectivity index (χ1n) is 7.30. The van der Waals surface area contributed by atoms with Crippen LogP contribution in [-0.4, -0.2) is 0 Å². The quantitative estimate of drug-likeness (QED) is 0.643. The maximum atomic E-state index is 13.4. The molecule has 0 radical (unpaired) electrons. The van der Waals surface area contributed by atoms with Crippen molar-refractivity contribution in [2.75, 3.05) is 0 Å². The van der Waals surface area contributed by atoms with E-state index in [2.05, 4.69) is 0 Å². The number of hydrogen-bond acceptors (Lipinski definition) is 4. The molecule has 4 nitrogen and oxygen atoms in total. The average molecular weight is 335 g/mol. The Kier molecular flexibility index (Phi) is 4.65. The maximum absolute atomic E-state index is 13.4. The molecule has 0 unspecified atom stereocenters. The second kappa shape index (κ2) is 7.04. The third-order valence-corrected chi connectivity index (χ3v) is 5.08. The predicted molar refractivity (Wildman–Crippen MR) is 92.5 cm³/mol. The molecular formula is C19H14NO3P. The number of hydrogen-bond donors (Lipinski definition) is 0. The van der Waals surface area contributed by atoms with E-state index in [1.807, 2.05) is 18.2 Å². The van der Waals surface area contributed by atoms with Gasteiger partial charge < -0.3 is 9.05 Å². The van der Waals surface area contributed by atoms with Crippen molar-refractivity contribution in [2.45, 2.75) is 0 Å². The molecule has 0 saturated carbocycles. The molecule has 3 aromatic carbocycles. The second-order valence-electron chi connectivity index (χ2n) is 4.96.